The number of anilines is 1. The lowest BCUT2D eigenvalue weighted by Crippen LogP contribution is -2.11. The number of benzene rings is 1. The molecule has 1 rings (SSSR count). The predicted molar refractivity (Wildman–Crippen MR) is 50.7 cm³/mol. The summed E-state index contributed by atoms with van der Waals surface area (Å²) in [5, 5.41) is 1.28. The first-order valence-electron chi connectivity index (χ1n) is 4.05. The Kier molecular flexibility index (Phi) is 3.42. The average Bonchev–Trinajstić information content (AvgIpc) is 2.07. The van der Waals surface area contributed by atoms with E-state index in [0.29, 0.717) is 0 Å². The first-order chi connectivity index (χ1) is 7.21. The lowest BCUT2D eigenvalue weighted by Gasteiger charge is -2.12. The summed E-state index contributed by atoms with van der Waals surface area (Å²) in [6.45, 7) is 1.08. The van der Waals surface area contributed by atoms with Gasteiger partial charge < -0.3 is 5.32 Å². The molecule has 0 aliphatic heterocycles. The van der Waals surface area contributed by atoms with E-state index in [9.17, 15) is 22.4 Å². The average molecular weight is 256 g/mol. The van der Waals surface area contributed by atoms with Crippen LogP contribution in [0.15, 0.2) is 12.1 Å². The second-order valence-electron chi connectivity index (χ2n) is 2.99. The zero-order chi connectivity index (χ0) is 12.5. The second-order valence-corrected chi connectivity index (χ2v) is 3.37. The van der Waals surface area contributed by atoms with Crippen molar-refractivity contribution >= 4 is 23.2 Å². The van der Waals surface area contributed by atoms with Crippen molar-refractivity contribution in [2.45, 2.75) is 13.1 Å². The van der Waals surface area contributed by atoms with Crippen LogP contribution in [0.1, 0.15) is 12.5 Å². The Morgan fingerprint density at radius 1 is 1.38 bits per heavy atom. The summed E-state index contributed by atoms with van der Waals surface area (Å²) in [6, 6.07) is 0.993. The lowest BCUT2D eigenvalue weighted by molar-refractivity contribution is -0.137. The molecule has 0 aliphatic carbocycles. The molecule has 0 saturated carbocycles. The third-order valence-corrected chi connectivity index (χ3v) is 2.06. The van der Waals surface area contributed by atoms with E-state index in [1.165, 1.54) is 0 Å². The van der Waals surface area contributed by atoms with Crippen LogP contribution < -0.4 is 5.32 Å². The highest BCUT2D eigenvalue weighted by Gasteiger charge is 2.35. The molecule has 0 spiro atoms. The van der Waals surface area contributed by atoms with E-state index in [1.807, 2.05) is 5.32 Å². The van der Waals surface area contributed by atoms with E-state index in [1.54, 1.807) is 0 Å². The summed E-state index contributed by atoms with van der Waals surface area (Å²) in [5.41, 5.74) is -1.72. The van der Waals surface area contributed by atoms with Crippen LogP contribution in [0.25, 0.3) is 0 Å². The molecule has 0 fully saturated rings. The molecule has 1 aromatic carbocycles. The fraction of sp³-hybridized carbons (Fsp3) is 0.222. The van der Waals surface area contributed by atoms with Gasteiger partial charge in [0.2, 0.25) is 5.91 Å². The van der Waals surface area contributed by atoms with Gasteiger partial charge in [0.1, 0.15) is 5.82 Å². The maximum absolute atomic E-state index is 12.9. The van der Waals surface area contributed by atoms with Crippen molar-refractivity contribution in [2.75, 3.05) is 5.32 Å². The van der Waals surface area contributed by atoms with Gasteiger partial charge in [-0.25, -0.2) is 4.39 Å². The molecule has 0 unspecified atom stereocenters. The summed E-state index contributed by atoms with van der Waals surface area (Å²) in [4.78, 5) is 10.7. The Bertz CT molecular complexity index is 430. The molecule has 0 heterocycles. The molecule has 88 valence electrons. The lowest BCUT2D eigenvalue weighted by atomic mass is 10.2. The van der Waals surface area contributed by atoms with Gasteiger partial charge in [-0.1, -0.05) is 11.6 Å². The van der Waals surface area contributed by atoms with Crippen LogP contribution in [0.3, 0.4) is 0 Å². The quantitative estimate of drug-likeness (QED) is 0.765. The summed E-state index contributed by atoms with van der Waals surface area (Å²) in [5.74, 6) is -1.76. The van der Waals surface area contributed by atoms with Crippen LogP contribution in [-0.2, 0) is 11.0 Å². The van der Waals surface area contributed by atoms with Crippen molar-refractivity contribution < 1.29 is 22.4 Å². The number of alkyl halides is 3. The van der Waals surface area contributed by atoms with Gasteiger partial charge in [0, 0.05) is 6.92 Å². The van der Waals surface area contributed by atoms with Crippen molar-refractivity contribution in [3.05, 3.63) is 28.5 Å². The van der Waals surface area contributed by atoms with Crippen LogP contribution in [0.5, 0.6) is 0 Å². The van der Waals surface area contributed by atoms with Gasteiger partial charge in [0.05, 0.1) is 16.3 Å². The molecule has 0 saturated heterocycles. The number of amides is 1. The molecule has 1 aromatic rings. The van der Waals surface area contributed by atoms with Crippen molar-refractivity contribution in [1.29, 1.82) is 0 Å². The molecular weight excluding hydrogens is 250 g/mol. The number of nitrogens with one attached hydrogen (secondary N) is 1. The summed E-state index contributed by atoms with van der Waals surface area (Å²) < 4.78 is 50.0. The third-order valence-electron chi connectivity index (χ3n) is 1.65. The van der Waals surface area contributed by atoms with Crippen LogP contribution in [-0.4, -0.2) is 5.91 Å². The molecule has 2 nitrogen and oxygen atoms in total. The minimum Gasteiger partial charge on any atom is -0.325 e. The summed E-state index contributed by atoms with van der Waals surface area (Å²) in [7, 11) is 0. The molecule has 0 aliphatic rings. The first kappa shape index (κ1) is 12.8. The number of carbonyl (C=O) groups excluding carboxylic acids is 1. The SMILES string of the molecule is CC(=O)Nc1cc(F)cc(C(F)(F)F)c1Cl. The smallest absolute Gasteiger partial charge is 0.325 e. The molecule has 0 radical (unpaired) electrons. The Morgan fingerprint density at radius 3 is 2.38 bits per heavy atom. The second kappa shape index (κ2) is 4.29. The Morgan fingerprint density at radius 2 is 1.94 bits per heavy atom. The highest BCUT2D eigenvalue weighted by Crippen LogP contribution is 2.38. The van der Waals surface area contributed by atoms with Crippen LogP contribution in [0.2, 0.25) is 5.02 Å². The summed E-state index contributed by atoms with van der Waals surface area (Å²) >= 11 is 5.41. The molecule has 0 aromatic heterocycles. The van der Waals surface area contributed by atoms with Gasteiger partial charge in [0.25, 0.3) is 0 Å². The first-order valence-corrected chi connectivity index (χ1v) is 4.43. The van der Waals surface area contributed by atoms with Crippen molar-refractivity contribution in [1.82, 2.24) is 0 Å². The van der Waals surface area contributed by atoms with Gasteiger partial charge in [-0.2, -0.15) is 13.2 Å². The van der Waals surface area contributed by atoms with E-state index in [0.717, 1.165) is 13.0 Å². The maximum atomic E-state index is 12.9. The number of rotatable bonds is 1. The fourth-order valence-corrected chi connectivity index (χ4v) is 1.34. The van der Waals surface area contributed by atoms with Crippen molar-refractivity contribution in [3.63, 3.8) is 0 Å². The number of hydrogen-bond acceptors (Lipinski definition) is 1. The zero-order valence-electron chi connectivity index (χ0n) is 7.95. The van der Waals surface area contributed by atoms with Crippen molar-refractivity contribution in [2.24, 2.45) is 0 Å². The molecule has 16 heavy (non-hydrogen) atoms. The Hall–Kier alpha value is -1.30. The van der Waals surface area contributed by atoms with E-state index in [-0.39, 0.29) is 6.07 Å². The van der Waals surface area contributed by atoms with E-state index >= 15 is 0 Å². The van der Waals surface area contributed by atoms with Gasteiger partial charge in [0.15, 0.2) is 0 Å². The highest BCUT2D eigenvalue weighted by molar-refractivity contribution is 6.34. The molecule has 0 atom stereocenters. The Balaban J connectivity index is 3.32. The number of halogens is 5. The van der Waals surface area contributed by atoms with Crippen LogP contribution in [0.4, 0.5) is 23.2 Å². The number of carbonyl (C=O) groups is 1. The molecule has 7 heteroatoms. The topological polar surface area (TPSA) is 29.1 Å². The third kappa shape index (κ3) is 2.85. The normalized spacial score (nSPS) is 11.4. The largest absolute Gasteiger partial charge is 0.418 e. The van der Waals surface area contributed by atoms with Crippen LogP contribution >= 0.6 is 11.6 Å². The molecule has 0 bridgehead atoms. The monoisotopic (exact) mass is 255 g/mol. The standard InChI is InChI=1S/C9H6ClF4NO/c1-4(16)15-7-3-5(11)2-6(8(7)10)9(12,13)14/h2-3H,1H3,(H,15,16). The number of hydrogen-bond donors (Lipinski definition) is 1. The maximum Gasteiger partial charge on any atom is 0.418 e. The van der Waals surface area contributed by atoms with Gasteiger partial charge in [-0.3, -0.25) is 4.79 Å². The fourth-order valence-electron chi connectivity index (χ4n) is 1.08. The highest BCUT2D eigenvalue weighted by atomic mass is 35.5. The zero-order valence-corrected chi connectivity index (χ0v) is 8.71. The van der Waals surface area contributed by atoms with Gasteiger partial charge in [-0.15, -0.1) is 0 Å². The van der Waals surface area contributed by atoms with Gasteiger partial charge >= 0.3 is 6.18 Å². The minimum atomic E-state index is -4.77. The van der Waals surface area contributed by atoms with Crippen molar-refractivity contribution in [3.8, 4) is 0 Å². The Labute approximate surface area is 93.2 Å². The van der Waals surface area contributed by atoms with E-state index in [4.69, 9.17) is 11.6 Å². The molecule has 1 N–H and O–H groups in total. The van der Waals surface area contributed by atoms with Crippen LogP contribution in [0, 0.1) is 5.82 Å². The molecule has 1 amide bonds. The minimum absolute atomic E-state index is 0.271. The summed E-state index contributed by atoms with van der Waals surface area (Å²) in [6.07, 6.45) is -4.77. The van der Waals surface area contributed by atoms with Gasteiger partial charge in [-0.05, 0) is 12.1 Å². The van der Waals surface area contributed by atoms with E-state index < -0.39 is 34.2 Å². The van der Waals surface area contributed by atoms with E-state index in [2.05, 4.69) is 0 Å². The predicted octanol–water partition coefficient (Wildman–Crippen LogP) is 3.46. The molecular formula is C9H6ClF4NO.